The number of aromatic nitrogens is 1. The minimum absolute atomic E-state index is 0.105. The van der Waals surface area contributed by atoms with Crippen LogP contribution < -0.4 is 10.1 Å². The lowest BCUT2D eigenvalue weighted by molar-refractivity contribution is -0.384. The number of fused-ring (bicyclic) bond motifs is 1. The fraction of sp³-hybridized carbons (Fsp3) is 0.150. The Hall–Kier alpha value is -4.01. The van der Waals surface area contributed by atoms with E-state index in [0.717, 1.165) is 6.07 Å². The van der Waals surface area contributed by atoms with Gasteiger partial charge in [-0.15, -0.1) is 0 Å². The molecule has 1 amide bonds. The third kappa shape index (κ3) is 4.46. The Bertz CT molecular complexity index is 1110. The van der Waals surface area contributed by atoms with E-state index in [1.807, 2.05) is 6.07 Å². The summed E-state index contributed by atoms with van der Waals surface area (Å²) in [5.41, 5.74) is 1.48. The number of nitrogens with one attached hydrogen (secondary N) is 1. The molecule has 3 rings (SSSR count). The zero-order valence-corrected chi connectivity index (χ0v) is 15.7. The van der Waals surface area contributed by atoms with Crippen molar-refractivity contribution in [3.8, 4) is 5.75 Å². The van der Waals surface area contributed by atoms with Crippen LogP contribution in [-0.4, -0.2) is 35.5 Å². The molecule has 0 bridgehead atoms. The summed E-state index contributed by atoms with van der Waals surface area (Å²) in [5.74, 6) is -1.09. The van der Waals surface area contributed by atoms with Gasteiger partial charge in [-0.25, -0.2) is 4.79 Å². The van der Waals surface area contributed by atoms with Crippen LogP contribution >= 0.6 is 0 Å². The molecule has 0 aliphatic heterocycles. The number of non-ortho nitro benzene ring substituents is 1. The van der Waals surface area contributed by atoms with Crippen LogP contribution in [0.1, 0.15) is 16.1 Å². The summed E-state index contributed by atoms with van der Waals surface area (Å²) < 4.78 is 10.2. The number of benzene rings is 2. The Morgan fingerprint density at radius 2 is 1.93 bits per heavy atom. The van der Waals surface area contributed by atoms with Crippen LogP contribution in [0.5, 0.6) is 5.75 Å². The van der Waals surface area contributed by atoms with Crippen LogP contribution in [0.15, 0.2) is 48.5 Å². The minimum Gasteiger partial charge on any atom is -0.495 e. The van der Waals surface area contributed by atoms with E-state index in [1.54, 1.807) is 31.2 Å². The van der Waals surface area contributed by atoms with Gasteiger partial charge in [0.25, 0.3) is 11.6 Å². The van der Waals surface area contributed by atoms with Crippen molar-refractivity contribution in [2.75, 3.05) is 19.0 Å². The summed E-state index contributed by atoms with van der Waals surface area (Å²) in [5, 5.41) is 14.0. The molecule has 2 aromatic carbocycles. The normalized spacial score (nSPS) is 10.4. The molecular weight excluding hydrogens is 378 g/mol. The Kier molecular flexibility index (Phi) is 5.68. The van der Waals surface area contributed by atoms with E-state index in [1.165, 1.54) is 19.2 Å². The lowest BCUT2D eigenvalue weighted by atomic mass is 10.1. The average molecular weight is 395 g/mol. The quantitative estimate of drug-likeness (QED) is 0.386. The lowest BCUT2D eigenvalue weighted by Gasteiger charge is -2.11. The molecule has 0 aliphatic carbocycles. The highest BCUT2D eigenvalue weighted by atomic mass is 16.6. The Balaban J connectivity index is 1.73. The first-order valence-electron chi connectivity index (χ1n) is 8.55. The molecule has 1 aromatic heterocycles. The summed E-state index contributed by atoms with van der Waals surface area (Å²) in [6, 6.07) is 12.5. The number of pyridine rings is 1. The van der Waals surface area contributed by atoms with E-state index in [9.17, 15) is 19.7 Å². The van der Waals surface area contributed by atoms with Crippen molar-refractivity contribution < 1.29 is 24.0 Å². The number of methoxy groups -OCH3 is 1. The second-order valence-corrected chi connectivity index (χ2v) is 6.09. The predicted octanol–water partition coefficient (Wildman–Crippen LogP) is 3.26. The number of hydrogen-bond acceptors (Lipinski definition) is 7. The minimum atomic E-state index is -0.673. The number of nitrogens with zero attached hydrogens (tertiary/aromatic N) is 2. The fourth-order valence-electron chi connectivity index (χ4n) is 2.78. The molecule has 0 saturated heterocycles. The fourth-order valence-corrected chi connectivity index (χ4v) is 2.78. The molecule has 9 heteroatoms. The summed E-state index contributed by atoms with van der Waals surface area (Å²) in [6.07, 6.45) is 0. The first-order valence-corrected chi connectivity index (χ1v) is 8.55. The van der Waals surface area contributed by atoms with Crippen LogP contribution in [0.3, 0.4) is 0 Å². The van der Waals surface area contributed by atoms with Gasteiger partial charge in [0.15, 0.2) is 6.61 Å². The lowest BCUT2D eigenvalue weighted by Crippen LogP contribution is -2.21. The number of carbonyl (C=O) groups excluding carboxylic acids is 2. The first-order chi connectivity index (χ1) is 13.9. The van der Waals surface area contributed by atoms with E-state index in [2.05, 4.69) is 10.3 Å². The number of hydrogen-bond donors (Lipinski definition) is 1. The van der Waals surface area contributed by atoms with Crippen molar-refractivity contribution >= 4 is 34.2 Å². The molecule has 0 fully saturated rings. The van der Waals surface area contributed by atoms with Gasteiger partial charge in [-0.2, -0.15) is 0 Å². The number of rotatable bonds is 6. The van der Waals surface area contributed by atoms with Crippen molar-refractivity contribution in [1.29, 1.82) is 0 Å². The SMILES string of the molecule is COc1ccc([N+](=O)[O-])cc1NC(=O)COC(=O)c1cc(C)nc2ccccc12. The molecule has 3 aromatic rings. The zero-order chi connectivity index (χ0) is 21.0. The number of para-hydroxylation sites is 1. The van der Waals surface area contributed by atoms with Gasteiger partial charge in [0.2, 0.25) is 0 Å². The number of carbonyl (C=O) groups is 2. The molecule has 1 heterocycles. The second-order valence-electron chi connectivity index (χ2n) is 6.09. The molecule has 29 heavy (non-hydrogen) atoms. The van der Waals surface area contributed by atoms with Gasteiger partial charge in [-0.3, -0.25) is 19.9 Å². The summed E-state index contributed by atoms with van der Waals surface area (Å²) in [7, 11) is 1.37. The van der Waals surface area contributed by atoms with E-state index in [-0.39, 0.29) is 17.1 Å². The molecule has 0 spiro atoms. The van der Waals surface area contributed by atoms with Gasteiger partial charge in [0, 0.05) is 23.2 Å². The van der Waals surface area contributed by atoms with Crippen LogP contribution in [0.2, 0.25) is 0 Å². The molecule has 0 radical (unpaired) electrons. The smallest absolute Gasteiger partial charge is 0.339 e. The highest BCUT2D eigenvalue weighted by molar-refractivity contribution is 6.04. The third-order valence-electron chi connectivity index (χ3n) is 4.07. The van der Waals surface area contributed by atoms with Gasteiger partial charge in [-0.05, 0) is 25.1 Å². The topological polar surface area (TPSA) is 121 Å². The van der Waals surface area contributed by atoms with Crippen LogP contribution in [0.25, 0.3) is 10.9 Å². The van der Waals surface area contributed by atoms with Crippen LogP contribution in [0.4, 0.5) is 11.4 Å². The van der Waals surface area contributed by atoms with E-state index >= 15 is 0 Å². The molecular formula is C20H17N3O6. The molecule has 0 unspecified atom stereocenters. The summed E-state index contributed by atoms with van der Waals surface area (Å²) in [6.45, 7) is 1.19. The number of aryl methyl sites for hydroxylation is 1. The summed E-state index contributed by atoms with van der Waals surface area (Å²) in [4.78, 5) is 39.4. The highest BCUT2D eigenvalue weighted by Crippen LogP contribution is 2.28. The Morgan fingerprint density at radius 3 is 2.66 bits per heavy atom. The maximum absolute atomic E-state index is 12.5. The molecule has 148 valence electrons. The maximum atomic E-state index is 12.5. The molecule has 0 atom stereocenters. The molecule has 1 N–H and O–H groups in total. The van der Waals surface area contributed by atoms with Gasteiger partial charge in [0.1, 0.15) is 5.75 Å². The van der Waals surface area contributed by atoms with Crippen LogP contribution in [0, 0.1) is 17.0 Å². The standard InChI is InChI=1S/C20H17N3O6/c1-12-9-15(14-5-3-4-6-16(14)21-12)20(25)29-11-19(24)22-17-10-13(23(26)27)7-8-18(17)28-2/h3-10H,11H2,1-2H3,(H,22,24). The molecule has 9 nitrogen and oxygen atoms in total. The van der Waals surface area contributed by atoms with Gasteiger partial charge in [0.05, 0.1) is 28.8 Å². The summed E-state index contributed by atoms with van der Waals surface area (Å²) >= 11 is 0. The van der Waals surface area contributed by atoms with Crippen molar-refractivity contribution in [1.82, 2.24) is 4.98 Å². The van der Waals surface area contributed by atoms with E-state index in [0.29, 0.717) is 22.2 Å². The number of anilines is 1. The predicted molar refractivity (Wildman–Crippen MR) is 105 cm³/mol. The van der Waals surface area contributed by atoms with Crippen molar-refractivity contribution in [3.05, 3.63) is 69.9 Å². The first kappa shape index (κ1) is 19.7. The number of esters is 1. The number of amides is 1. The average Bonchev–Trinajstić information content (AvgIpc) is 2.71. The Morgan fingerprint density at radius 1 is 1.17 bits per heavy atom. The van der Waals surface area contributed by atoms with Crippen molar-refractivity contribution in [3.63, 3.8) is 0 Å². The third-order valence-corrected chi connectivity index (χ3v) is 4.07. The second kappa shape index (κ2) is 8.34. The van der Waals surface area contributed by atoms with Crippen LogP contribution in [-0.2, 0) is 9.53 Å². The highest BCUT2D eigenvalue weighted by Gasteiger charge is 2.17. The zero-order valence-electron chi connectivity index (χ0n) is 15.7. The van der Waals surface area contributed by atoms with Crippen molar-refractivity contribution in [2.24, 2.45) is 0 Å². The number of nitro groups is 1. The van der Waals surface area contributed by atoms with Gasteiger partial charge < -0.3 is 14.8 Å². The van der Waals surface area contributed by atoms with Gasteiger partial charge >= 0.3 is 5.97 Å². The molecule has 0 aliphatic rings. The van der Waals surface area contributed by atoms with Crippen molar-refractivity contribution in [2.45, 2.75) is 6.92 Å². The molecule has 0 saturated carbocycles. The Labute approximate surface area is 165 Å². The number of ether oxygens (including phenoxy) is 2. The monoisotopic (exact) mass is 395 g/mol. The maximum Gasteiger partial charge on any atom is 0.339 e. The van der Waals surface area contributed by atoms with E-state index < -0.39 is 23.4 Å². The van der Waals surface area contributed by atoms with E-state index in [4.69, 9.17) is 9.47 Å². The number of nitro benzene ring substituents is 1. The van der Waals surface area contributed by atoms with Gasteiger partial charge in [-0.1, -0.05) is 18.2 Å². The largest absolute Gasteiger partial charge is 0.495 e.